The highest BCUT2D eigenvalue weighted by molar-refractivity contribution is 6.87. The van der Waals surface area contributed by atoms with E-state index in [4.69, 9.17) is 26.6 Å². The zero-order valence-corrected chi connectivity index (χ0v) is 78.7. The Kier molecular flexibility index (Phi) is 44.5. The van der Waals surface area contributed by atoms with Crippen molar-refractivity contribution in [1.29, 1.82) is 0 Å². The van der Waals surface area contributed by atoms with Crippen LogP contribution >= 0.6 is 0 Å². The van der Waals surface area contributed by atoms with E-state index < -0.39 is 82.2 Å². The molecule has 0 N–H and O–H groups in total. The van der Waals surface area contributed by atoms with Gasteiger partial charge >= 0.3 is 17.9 Å². The van der Waals surface area contributed by atoms with Crippen LogP contribution in [0.2, 0.25) is 216 Å². The predicted octanol–water partition coefficient (Wildman–Crippen LogP) is 25.1. The summed E-state index contributed by atoms with van der Waals surface area (Å²) in [6.07, 6.45) is 8.99. The number of esters is 3. The van der Waals surface area contributed by atoms with Gasteiger partial charge in [-0.2, -0.15) is 0 Å². The predicted molar refractivity (Wildman–Crippen MR) is 427 cm³/mol. The molecule has 89 heavy (non-hydrogen) atoms. The number of hydrogen-bond donors (Lipinski definition) is 0. The van der Waals surface area contributed by atoms with Crippen LogP contribution in [0.25, 0.3) is 0 Å². The minimum absolute atomic E-state index is 0.0171. The highest BCUT2D eigenvalue weighted by atomic mass is 28.4. The van der Waals surface area contributed by atoms with Crippen molar-refractivity contribution in [3.05, 3.63) is 0 Å². The number of rotatable bonds is 28. The molecule has 0 aromatic carbocycles. The lowest BCUT2D eigenvalue weighted by molar-refractivity contribution is -0.159. The molecule has 1 heterocycles. The van der Waals surface area contributed by atoms with E-state index in [1.54, 1.807) is 0 Å². The fourth-order valence-corrected chi connectivity index (χ4v) is 43.0. The smallest absolute Gasteiger partial charge is 0.311 e. The van der Waals surface area contributed by atoms with Gasteiger partial charge in [-0.1, -0.05) is 187 Å². The van der Waals surface area contributed by atoms with Gasteiger partial charge < -0.3 is 26.6 Å². The van der Waals surface area contributed by atoms with Gasteiger partial charge in [0.05, 0.1) is 37.0 Å². The molecule has 3 atom stereocenters. The Morgan fingerprint density at radius 1 is 0.494 bits per heavy atom. The van der Waals surface area contributed by atoms with E-state index in [9.17, 15) is 14.4 Å². The van der Waals surface area contributed by atoms with Crippen molar-refractivity contribution in [2.24, 2.45) is 22.2 Å². The number of carbonyl (C=O) groups is 3. The molecule has 1 rings (SSSR count). The summed E-state index contributed by atoms with van der Waals surface area (Å²) < 4.78 is 35.8. The lowest BCUT2D eigenvalue weighted by Gasteiger charge is -2.43. The molecule has 0 aromatic rings. The van der Waals surface area contributed by atoms with Crippen molar-refractivity contribution >= 4 is 100 Å². The summed E-state index contributed by atoms with van der Waals surface area (Å²) in [7, 11) is -13.2. The molecule has 0 amide bonds. The van der Waals surface area contributed by atoms with Crippen molar-refractivity contribution in [3.8, 4) is 0 Å². The molecule has 0 bridgehead atoms. The molecule has 19 heteroatoms. The Balaban J connectivity index is -0.000000323. The average Bonchev–Trinajstić information content (AvgIpc) is 3.52. The summed E-state index contributed by atoms with van der Waals surface area (Å²) in [6.45, 7) is 97.6. The number of ether oxygens (including phenoxy) is 3. The van der Waals surface area contributed by atoms with Crippen LogP contribution in [0.4, 0.5) is 0 Å². The van der Waals surface area contributed by atoms with Crippen LogP contribution in [0, 0.1) is 22.2 Å². The first-order chi connectivity index (χ1) is 39.0. The van der Waals surface area contributed by atoms with Crippen LogP contribution in [-0.4, -0.2) is 119 Å². The Morgan fingerprint density at radius 2 is 0.865 bits per heavy atom. The molecule has 3 unspecified atom stereocenters. The molecule has 1 aliphatic rings. The third-order valence-electron chi connectivity index (χ3n) is 18.5. The summed E-state index contributed by atoms with van der Waals surface area (Å²) >= 11 is 0. The molecule has 9 nitrogen and oxygen atoms in total. The maximum Gasteiger partial charge on any atom is 0.311 e. The molecule has 1 aliphatic heterocycles. The first-order valence-corrected chi connectivity index (χ1v) is 69.1. The van der Waals surface area contributed by atoms with Gasteiger partial charge in [-0.15, -0.1) is 0 Å². The fraction of sp³-hybridized carbons (Fsp3) is 0.957. The van der Waals surface area contributed by atoms with Gasteiger partial charge in [-0.25, -0.2) is 0 Å². The summed E-state index contributed by atoms with van der Waals surface area (Å²) in [5, 5.41) is 0.558. The third-order valence-corrected chi connectivity index (χ3v) is 51.2. The number of hydrogen-bond acceptors (Lipinski definition) is 9. The molecule has 1 fully saturated rings. The van der Waals surface area contributed by atoms with Crippen LogP contribution < -0.4 is 0 Å². The monoisotopic (exact) mass is 1430 g/mol. The van der Waals surface area contributed by atoms with E-state index in [1.807, 2.05) is 62.3 Å². The minimum atomic E-state index is -1.64. The molecular formula is C70H164O9Si10. The highest BCUT2D eigenvalue weighted by Crippen LogP contribution is 2.44. The second-order valence-corrected chi connectivity index (χ2v) is 88.1. The second-order valence-electron chi connectivity index (χ2n) is 38.6. The summed E-state index contributed by atoms with van der Waals surface area (Å²) in [5.74, 6) is 0.801. The lowest BCUT2D eigenvalue weighted by atomic mass is 9.90. The molecule has 0 radical (unpaired) electrons. The normalized spacial score (nSPS) is 16.6. The molecule has 538 valence electrons. The van der Waals surface area contributed by atoms with E-state index in [0.29, 0.717) is 11.6 Å². The largest absolute Gasteiger partial charge is 0.465 e. The van der Waals surface area contributed by atoms with Crippen LogP contribution in [0.3, 0.4) is 0 Å². The van der Waals surface area contributed by atoms with Gasteiger partial charge in [-0.3, -0.25) is 14.4 Å². The lowest BCUT2D eigenvalue weighted by Crippen LogP contribution is -2.54. The summed E-state index contributed by atoms with van der Waals surface area (Å²) in [6, 6.07) is 6.61. The SMILES string of the molecule is CCC(C)(C)C(=O)OC(C[Si](C)(C)C)C[Si](C)(C)C.CCC(C)(C)C(=O)OC1C[Si](C)(C)O[Si](C)(C)C1.CCC(C)(C)C(=O)OCCC[Si](C)(C)O[Si](C)(C)C.CCC(C)CC[Si](C)(C)C.CCC(C)[Si](C)(C)C(C)(C)C.CCC(C)[Si](C)(C)O[Si](C)(C)C. The van der Waals surface area contributed by atoms with E-state index in [1.165, 1.54) is 31.7 Å². The van der Waals surface area contributed by atoms with Crippen LogP contribution in [-0.2, 0) is 40.9 Å². The van der Waals surface area contributed by atoms with Gasteiger partial charge in [0.1, 0.15) is 6.10 Å². The van der Waals surface area contributed by atoms with Gasteiger partial charge in [0.15, 0.2) is 49.9 Å². The standard InChI is InChI=1S/C15H34O2Si2.C14H32O3Si2.C13H28O3Si2.C10H24Si.C9H24OSi2.C9H22Si/c1-10-15(2,3)14(16)17-13(11-18(4,5)6)12-19(7,8)9;1-9-14(2,3)13(15)16-11-10-12-19(7,8)17-18(4,5)6;1-8-13(2,3)12(14)15-11-9-17(4,5)16-18(6,7)10-11;1-8-9(2)11(6,7)10(3,4)5;1-8-9(2)12(6,7)10-11(3,4)5;1-6-9(2)7-8-10(3,4)5/h13H,10-12H2,1-9H3;9-12H2,1-8H3;11H,8-10H2,1-7H3;9H,8H2,1-7H3;9H,8H2,1-7H3;9H,6-8H2,1-5H3. The van der Waals surface area contributed by atoms with Gasteiger partial charge in [0.25, 0.3) is 0 Å². The third kappa shape index (κ3) is 50.5. The van der Waals surface area contributed by atoms with Crippen molar-refractivity contribution in [1.82, 2.24) is 0 Å². The maximum atomic E-state index is 12.3. The zero-order valence-electron chi connectivity index (χ0n) is 68.7. The van der Waals surface area contributed by atoms with Crippen LogP contribution in [0.1, 0.15) is 176 Å². The first-order valence-electron chi connectivity index (χ1n) is 35.7. The molecule has 0 aliphatic carbocycles. The van der Waals surface area contributed by atoms with E-state index in [2.05, 4.69) is 226 Å². The Hall–Kier alpha value is 0.459. The molecule has 0 spiro atoms. The van der Waals surface area contributed by atoms with Gasteiger partial charge in [-0.05, 0) is 199 Å². The summed E-state index contributed by atoms with van der Waals surface area (Å²) in [4.78, 5) is 36.3. The first kappa shape index (κ1) is 98.1. The Labute approximate surface area is 570 Å². The Morgan fingerprint density at radius 3 is 1.17 bits per heavy atom. The minimum Gasteiger partial charge on any atom is -0.465 e. The van der Waals surface area contributed by atoms with Crippen molar-refractivity contribution in [3.63, 3.8) is 0 Å². The molecule has 0 aromatic heterocycles. The Bertz CT molecular complexity index is 1910. The maximum absolute atomic E-state index is 12.3. The van der Waals surface area contributed by atoms with Gasteiger partial charge in [0, 0.05) is 36.3 Å². The molecular weight excluding hydrogens is 1270 g/mol. The summed E-state index contributed by atoms with van der Waals surface area (Å²) in [5.41, 5.74) is 0.654. The molecule has 0 saturated carbocycles. The quantitative estimate of drug-likeness (QED) is 0.0328. The van der Waals surface area contributed by atoms with Crippen molar-refractivity contribution in [2.75, 3.05) is 6.61 Å². The average molecular weight is 1430 g/mol. The second kappa shape index (κ2) is 40.4. The number of carbonyl (C=O) groups excluding carboxylic acids is 3. The van der Waals surface area contributed by atoms with Crippen LogP contribution in [0.15, 0.2) is 0 Å². The fourth-order valence-electron chi connectivity index (χ4n) is 9.91. The highest BCUT2D eigenvalue weighted by Gasteiger charge is 2.45. The van der Waals surface area contributed by atoms with E-state index >= 15 is 0 Å². The zero-order chi connectivity index (χ0) is 72.5. The van der Waals surface area contributed by atoms with Crippen LogP contribution in [0.5, 0.6) is 0 Å². The van der Waals surface area contributed by atoms with Gasteiger partial charge in [0.2, 0.25) is 0 Å². The van der Waals surface area contributed by atoms with Crippen molar-refractivity contribution in [2.45, 2.75) is 404 Å². The van der Waals surface area contributed by atoms with Crippen molar-refractivity contribution < 1.29 is 40.9 Å². The van der Waals surface area contributed by atoms with E-state index in [-0.39, 0.29) is 46.4 Å². The molecule has 1 saturated heterocycles. The van der Waals surface area contributed by atoms with E-state index in [0.717, 1.165) is 72.9 Å². The topological polar surface area (TPSA) is 107 Å².